The number of hydrogen-bond donors (Lipinski definition) is 2. The van der Waals surface area contributed by atoms with Gasteiger partial charge in [0, 0.05) is 24.7 Å². The van der Waals surface area contributed by atoms with Gasteiger partial charge in [0.15, 0.2) is 0 Å². The fraction of sp³-hybridized carbons (Fsp3) is 0.640. The molecular formula is C25H37N3O5. The second-order valence-corrected chi connectivity index (χ2v) is 9.60. The van der Waals surface area contributed by atoms with Crippen LogP contribution in [0.15, 0.2) is 30.3 Å². The Labute approximate surface area is 196 Å². The Morgan fingerprint density at radius 1 is 1.24 bits per heavy atom. The second-order valence-electron chi connectivity index (χ2n) is 9.60. The number of carboxylic acids is 1. The summed E-state index contributed by atoms with van der Waals surface area (Å²) in [5, 5.41) is 13.0. The molecule has 4 atom stereocenters. The molecule has 2 amide bonds. The van der Waals surface area contributed by atoms with E-state index < -0.39 is 23.5 Å². The van der Waals surface area contributed by atoms with Gasteiger partial charge < -0.3 is 25.0 Å². The van der Waals surface area contributed by atoms with Crippen LogP contribution in [0.1, 0.15) is 58.4 Å². The van der Waals surface area contributed by atoms with E-state index in [4.69, 9.17) is 4.74 Å². The number of alkyl carbamates (subject to hydrolysis) is 1. The number of carbonyl (C=O) groups excluding carboxylic acids is 2. The standard InChI is InChI=1S/C25H37N3O5/c1-5-25(23(30)31)15-19(27(4)17(2)3)11-12-21(25)28-14-13-20(22(28)29)26-24(32)33-16-18-9-7-6-8-10-18/h6-10,17,19-21H,5,11-16H2,1-4H3,(H,26,32)(H,30,31)/t19-,20+,21+,25?/m1/s1. The lowest BCUT2D eigenvalue weighted by Crippen LogP contribution is -2.59. The van der Waals surface area contributed by atoms with Gasteiger partial charge in [0.1, 0.15) is 12.6 Å². The van der Waals surface area contributed by atoms with Crippen LogP contribution in [0.2, 0.25) is 0 Å². The SMILES string of the molecule is CCC1(C(=O)O)C[C@H](N(C)C(C)C)CC[C@@H]1N1CC[C@H](NC(=O)OCc2ccccc2)C1=O. The largest absolute Gasteiger partial charge is 0.481 e. The molecule has 8 nitrogen and oxygen atoms in total. The highest BCUT2D eigenvalue weighted by Crippen LogP contribution is 2.45. The average molecular weight is 460 g/mol. The Morgan fingerprint density at radius 3 is 2.55 bits per heavy atom. The zero-order valence-corrected chi connectivity index (χ0v) is 20.1. The average Bonchev–Trinajstić information content (AvgIpc) is 3.16. The molecule has 182 valence electrons. The number of benzene rings is 1. The first-order chi connectivity index (χ1) is 15.7. The minimum Gasteiger partial charge on any atom is -0.481 e. The summed E-state index contributed by atoms with van der Waals surface area (Å²) in [5.74, 6) is -1.06. The number of carbonyl (C=O) groups is 3. The third-order valence-electron chi connectivity index (χ3n) is 7.58. The molecular weight excluding hydrogens is 422 g/mol. The molecule has 0 radical (unpaired) electrons. The van der Waals surface area contributed by atoms with Crippen LogP contribution >= 0.6 is 0 Å². The maximum Gasteiger partial charge on any atom is 0.408 e. The van der Waals surface area contributed by atoms with Crippen LogP contribution in [0.5, 0.6) is 0 Å². The van der Waals surface area contributed by atoms with Gasteiger partial charge in [0.25, 0.3) is 0 Å². The Morgan fingerprint density at radius 2 is 1.94 bits per heavy atom. The Hall–Kier alpha value is -2.61. The number of nitrogens with zero attached hydrogens (tertiary/aromatic N) is 2. The molecule has 8 heteroatoms. The van der Waals surface area contributed by atoms with Crippen molar-refractivity contribution in [3.8, 4) is 0 Å². The minimum absolute atomic E-state index is 0.128. The number of aliphatic carboxylic acids is 1. The van der Waals surface area contributed by atoms with Crippen LogP contribution in [0.25, 0.3) is 0 Å². The molecule has 2 aliphatic rings. The van der Waals surface area contributed by atoms with E-state index in [2.05, 4.69) is 24.1 Å². The van der Waals surface area contributed by atoms with Gasteiger partial charge in [-0.1, -0.05) is 37.3 Å². The summed E-state index contributed by atoms with van der Waals surface area (Å²) >= 11 is 0. The van der Waals surface area contributed by atoms with Crippen molar-refractivity contribution in [3.05, 3.63) is 35.9 Å². The van der Waals surface area contributed by atoms with Crippen molar-refractivity contribution in [2.75, 3.05) is 13.6 Å². The number of likely N-dealkylation sites (tertiary alicyclic amines) is 1. The summed E-state index contributed by atoms with van der Waals surface area (Å²) in [6.07, 6.45) is 2.26. The summed E-state index contributed by atoms with van der Waals surface area (Å²) in [4.78, 5) is 42.0. The monoisotopic (exact) mass is 459 g/mol. The maximum atomic E-state index is 13.2. The normalized spacial score (nSPS) is 27.8. The zero-order valence-electron chi connectivity index (χ0n) is 20.1. The van der Waals surface area contributed by atoms with Crippen molar-refractivity contribution in [1.82, 2.24) is 15.1 Å². The predicted molar refractivity (Wildman–Crippen MR) is 125 cm³/mol. The van der Waals surface area contributed by atoms with Gasteiger partial charge in [-0.25, -0.2) is 4.79 Å². The second kappa shape index (κ2) is 10.5. The van der Waals surface area contributed by atoms with Crippen molar-refractivity contribution in [1.29, 1.82) is 0 Å². The van der Waals surface area contributed by atoms with E-state index in [1.807, 2.05) is 44.3 Å². The number of carboxylic acid groups (broad SMARTS) is 1. The van der Waals surface area contributed by atoms with Crippen molar-refractivity contribution in [3.63, 3.8) is 0 Å². The molecule has 0 bridgehead atoms. The molecule has 3 rings (SSSR count). The van der Waals surface area contributed by atoms with Crippen LogP contribution in [0.4, 0.5) is 4.79 Å². The van der Waals surface area contributed by atoms with Crippen LogP contribution in [0, 0.1) is 5.41 Å². The fourth-order valence-corrected chi connectivity index (χ4v) is 5.32. The number of hydrogen-bond acceptors (Lipinski definition) is 5. The van der Waals surface area contributed by atoms with Crippen LogP contribution in [-0.4, -0.2) is 70.6 Å². The van der Waals surface area contributed by atoms with Gasteiger partial charge >= 0.3 is 12.1 Å². The van der Waals surface area contributed by atoms with E-state index in [0.717, 1.165) is 12.0 Å². The quantitative estimate of drug-likeness (QED) is 0.619. The molecule has 33 heavy (non-hydrogen) atoms. The van der Waals surface area contributed by atoms with Gasteiger partial charge in [-0.2, -0.15) is 0 Å². The van der Waals surface area contributed by atoms with E-state index in [1.165, 1.54) is 0 Å². The highest BCUT2D eigenvalue weighted by atomic mass is 16.5. The van der Waals surface area contributed by atoms with Crippen LogP contribution in [-0.2, 0) is 20.9 Å². The summed E-state index contributed by atoms with van der Waals surface area (Å²) in [5.41, 5.74) is -0.130. The molecule has 1 aromatic carbocycles. The smallest absolute Gasteiger partial charge is 0.408 e. The van der Waals surface area contributed by atoms with Crippen molar-refractivity contribution in [2.45, 2.75) is 83.6 Å². The lowest BCUT2D eigenvalue weighted by molar-refractivity contribution is -0.161. The molecule has 0 aromatic heterocycles. The van der Waals surface area contributed by atoms with Crippen molar-refractivity contribution in [2.24, 2.45) is 5.41 Å². The molecule has 1 saturated carbocycles. The van der Waals surface area contributed by atoms with E-state index in [0.29, 0.717) is 38.3 Å². The molecule has 2 fully saturated rings. The van der Waals surface area contributed by atoms with Gasteiger partial charge in [-0.3, -0.25) is 9.59 Å². The first-order valence-corrected chi connectivity index (χ1v) is 11.9. The van der Waals surface area contributed by atoms with E-state index in [1.54, 1.807) is 4.90 Å². The highest BCUT2D eigenvalue weighted by Gasteiger charge is 2.54. The van der Waals surface area contributed by atoms with E-state index >= 15 is 0 Å². The van der Waals surface area contributed by atoms with Crippen molar-refractivity contribution >= 4 is 18.0 Å². The van der Waals surface area contributed by atoms with Crippen molar-refractivity contribution < 1.29 is 24.2 Å². The first-order valence-electron chi connectivity index (χ1n) is 11.9. The van der Waals surface area contributed by atoms with Crippen LogP contribution in [0.3, 0.4) is 0 Å². The lowest BCUT2D eigenvalue weighted by atomic mass is 9.65. The predicted octanol–water partition coefficient (Wildman–Crippen LogP) is 3.26. The van der Waals surface area contributed by atoms with E-state index in [-0.39, 0.29) is 24.6 Å². The Bertz CT molecular complexity index is 846. The third kappa shape index (κ3) is 5.32. The molecule has 1 heterocycles. The third-order valence-corrected chi connectivity index (χ3v) is 7.58. The molecule has 0 spiro atoms. The maximum absolute atomic E-state index is 13.2. The molecule has 1 aromatic rings. The number of ether oxygens (including phenoxy) is 1. The summed E-state index contributed by atoms with van der Waals surface area (Å²) in [6.45, 7) is 6.68. The first kappa shape index (κ1) is 25.0. The van der Waals surface area contributed by atoms with Gasteiger partial charge in [0.05, 0.1) is 5.41 Å². The van der Waals surface area contributed by atoms with Gasteiger partial charge in [-0.05, 0) is 58.6 Å². The summed E-state index contributed by atoms with van der Waals surface area (Å²) in [7, 11) is 2.04. The number of nitrogens with one attached hydrogen (secondary N) is 1. The van der Waals surface area contributed by atoms with E-state index in [9.17, 15) is 19.5 Å². The molecule has 1 unspecified atom stereocenters. The van der Waals surface area contributed by atoms with Gasteiger partial charge in [-0.15, -0.1) is 0 Å². The Balaban J connectivity index is 1.66. The minimum atomic E-state index is -0.996. The fourth-order valence-electron chi connectivity index (χ4n) is 5.32. The molecule has 2 N–H and O–H groups in total. The number of rotatable bonds is 8. The number of amides is 2. The highest BCUT2D eigenvalue weighted by molar-refractivity contribution is 5.88. The Kier molecular flexibility index (Phi) is 8.00. The van der Waals surface area contributed by atoms with Crippen LogP contribution < -0.4 is 5.32 Å². The molecule has 1 saturated heterocycles. The topological polar surface area (TPSA) is 99.2 Å². The molecule has 1 aliphatic carbocycles. The van der Waals surface area contributed by atoms with Gasteiger partial charge in [0.2, 0.25) is 5.91 Å². The zero-order chi connectivity index (χ0) is 24.2. The summed E-state index contributed by atoms with van der Waals surface area (Å²) in [6, 6.07) is 8.76. The summed E-state index contributed by atoms with van der Waals surface area (Å²) < 4.78 is 5.26. The lowest BCUT2D eigenvalue weighted by Gasteiger charge is -2.49. The molecule has 1 aliphatic heterocycles.